The molecule has 158 valence electrons. The number of aromatic nitrogens is 1. The lowest BCUT2D eigenvalue weighted by molar-refractivity contribution is -0.146. The molecule has 0 aliphatic carbocycles. The second-order valence-electron chi connectivity index (χ2n) is 6.82. The molecule has 0 atom stereocenters. The van der Waals surface area contributed by atoms with E-state index in [1.165, 1.54) is 53.2 Å². The Hall–Kier alpha value is -4.07. The van der Waals surface area contributed by atoms with E-state index < -0.39 is 34.7 Å². The topological polar surface area (TPSA) is 96.6 Å². The standard InChI is InChI=1S/C23H17F2NO5/c24-17-5-1-14(2-6-17)9-16-10-19(20(27)11-21(28)23(30)31)22(29)26(13-16)12-15-3-7-18(25)8-4-15/h1-8,10-11,13,27H,9,12H2,(H,30,31)/b20-11-. The van der Waals surface area contributed by atoms with Gasteiger partial charge in [0, 0.05) is 12.3 Å². The van der Waals surface area contributed by atoms with E-state index in [1.807, 2.05) is 0 Å². The van der Waals surface area contributed by atoms with Crippen molar-refractivity contribution in [2.75, 3.05) is 0 Å². The van der Waals surface area contributed by atoms with Crippen LogP contribution < -0.4 is 5.56 Å². The highest BCUT2D eigenvalue weighted by molar-refractivity contribution is 6.38. The Balaban J connectivity index is 2.06. The van der Waals surface area contributed by atoms with E-state index in [2.05, 4.69) is 0 Å². The van der Waals surface area contributed by atoms with Gasteiger partial charge in [-0.3, -0.25) is 9.59 Å². The molecule has 2 N–H and O–H groups in total. The van der Waals surface area contributed by atoms with E-state index in [-0.39, 0.29) is 18.5 Å². The predicted molar refractivity (Wildman–Crippen MR) is 109 cm³/mol. The molecule has 1 heterocycles. The van der Waals surface area contributed by atoms with Crippen LogP contribution >= 0.6 is 0 Å². The van der Waals surface area contributed by atoms with E-state index in [0.29, 0.717) is 17.2 Å². The number of aliphatic hydroxyl groups is 1. The number of carboxylic acids is 1. The van der Waals surface area contributed by atoms with Crippen LogP contribution in [0.15, 0.2) is 71.7 Å². The number of rotatable bonds is 7. The van der Waals surface area contributed by atoms with Crippen molar-refractivity contribution in [2.24, 2.45) is 0 Å². The van der Waals surface area contributed by atoms with Crippen LogP contribution in [-0.4, -0.2) is 26.5 Å². The van der Waals surface area contributed by atoms with Gasteiger partial charge in [0.05, 0.1) is 12.1 Å². The van der Waals surface area contributed by atoms with Crippen LogP contribution in [0.25, 0.3) is 5.76 Å². The fourth-order valence-electron chi connectivity index (χ4n) is 2.98. The molecule has 0 unspecified atom stereocenters. The summed E-state index contributed by atoms with van der Waals surface area (Å²) in [6.45, 7) is 0.0452. The fourth-order valence-corrected chi connectivity index (χ4v) is 2.98. The van der Waals surface area contributed by atoms with Crippen molar-refractivity contribution in [3.05, 3.63) is 111 Å². The van der Waals surface area contributed by atoms with Gasteiger partial charge >= 0.3 is 5.97 Å². The molecule has 0 bridgehead atoms. The average molecular weight is 425 g/mol. The first-order valence-electron chi connectivity index (χ1n) is 9.13. The number of pyridine rings is 1. The number of carbonyl (C=O) groups excluding carboxylic acids is 1. The number of carbonyl (C=O) groups is 2. The summed E-state index contributed by atoms with van der Waals surface area (Å²) in [4.78, 5) is 35.1. The normalized spacial score (nSPS) is 11.4. The highest BCUT2D eigenvalue weighted by atomic mass is 19.1. The quantitative estimate of drug-likeness (QED) is 0.344. The van der Waals surface area contributed by atoms with Crippen LogP contribution in [0.3, 0.4) is 0 Å². The fraction of sp³-hybridized carbons (Fsp3) is 0.0870. The Kier molecular flexibility index (Phi) is 6.40. The summed E-state index contributed by atoms with van der Waals surface area (Å²) in [5, 5.41) is 19.0. The Morgan fingerprint density at radius 3 is 1.97 bits per heavy atom. The molecule has 2 aromatic carbocycles. The highest BCUT2D eigenvalue weighted by Gasteiger charge is 2.16. The zero-order valence-electron chi connectivity index (χ0n) is 16.1. The third-order valence-corrected chi connectivity index (χ3v) is 4.48. The molecule has 0 fully saturated rings. The van der Waals surface area contributed by atoms with Gasteiger partial charge in [-0.25, -0.2) is 13.6 Å². The van der Waals surface area contributed by atoms with Gasteiger partial charge in [0.1, 0.15) is 17.4 Å². The minimum Gasteiger partial charge on any atom is -0.507 e. The summed E-state index contributed by atoms with van der Waals surface area (Å²) in [5.74, 6) is -4.79. The van der Waals surface area contributed by atoms with Crippen LogP contribution in [0, 0.1) is 11.6 Å². The molecule has 3 rings (SSSR count). The van der Waals surface area contributed by atoms with Crippen LogP contribution in [0.5, 0.6) is 0 Å². The Morgan fingerprint density at radius 2 is 1.42 bits per heavy atom. The van der Waals surface area contributed by atoms with Crippen molar-refractivity contribution in [1.82, 2.24) is 4.57 Å². The number of hydrogen-bond donors (Lipinski definition) is 2. The number of halogens is 2. The second kappa shape index (κ2) is 9.17. The Bertz CT molecular complexity index is 1210. The van der Waals surface area contributed by atoms with Crippen molar-refractivity contribution >= 4 is 17.5 Å². The first kappa shape index (κ1) is 21.6. The molecule has 0 saturated carbocycles. The van der Waals surface area contributed by atoms with Crippen molar-refractivity contribution < 1.29 is 28.6 Å². The smallest absolute Gasteiger partial charge is 0.376 e. The van der Waals surface area contributed by atoms with E-state index >= 15 is 0 Å². The molecular formula is C23H17F2NO5. The highest BCUT2D eigenvalue weighted by Crippen LogP contribution is 2.15. The van der Waals surface area contributed by atoms with E-state index in [1.54, 1.807) is 12.1 Å². The monoisotopic (exact) mass is 425 g/mol. The predicted octanol–water partition coefficient (Wildman–Crippen LogP) is 3.32. The van der Waals surface area contributed by atoms with Gasteiger partial charge in [-0.1, -0.05) is 24.3 Å². The summed E-state index contributed by atoms with van der Waals surface area (Å²) in [7, 11) is 0. The number of nitrogens with zero attached hydrogens (tertiary/aromatic N) is 1. The molecule has 31 heavy (non-hydrogen) atoms. The van der Waals surface area contributed by atoms with Gasteiger partial charge in [0.25, 0.3) is 11.3 Å². The molecule has 8 heteroatoms. The van der Waals surface area contributed by atoms with Crippen LogP contribution in [-0.2, 0) is 22.6 Å². The van der Waals surface area contributed by atoms with Crippen molar-refractivity contribution in [3.63, 3.8) is 0 Å². The largest absolute Gasteiger partial charge is 0.507 e. The maximum absolute atomic E-state index is 13.2. The summed E-state index contributed by atoms with van der Waals surface area (Å²) >= 11 is 0. The minimum absolute atomic E-state index is 0.0452. The van der Waals surface area contributed by atoms with Gasteiger partial charge in [-0.15, -0.1) is 0 Å². The second-order valence-corrected chi connectivity index (χ2v) is 6.82. The van der Waals surface area contributed by atoms with Gasteiger partial charge in [0.2, 0.25) is 0 Å². The molecular weight excluding hydrogens is 408 g/mol. The zero-order chi connectivity index (χ0) is 22.5. The third-order valence-electron chi connectivity index (χ3n) is 4.48. The molecule has 0 spiro atoms. The lowest BCUT2D eigenvalue weighted by atomic mass is 10.0. The van der Waals surface area contributed by atoms with Crippen LogP contribution in [0.2, 0.25) is 0 Å². The van der Waals surface area contributed by atoms with Crippen LogP contribution in [0.1, 0.15) is 22.3 Å². The van der Waals surface area contributed by atoms with Gasteiger partial charge in [-0.05, 0) is 53.4 Å². The number of benzene rings is 2. The molecule has 0 aliphatic heterocycles. The molecule has 1 aromatic heterocycles. The van der Waals surface area contributed by atoms with Gasteiger partial charge in [0.15, 0.2) is 0 Å². The van der Waals surface area contributed by atoms with Crippen molar-refractivity contribution in [1.29, 1.82) is 0 Å². The average Bonchev–Trinajstić information content (AvgIpc) is 2.73. The molecule has 0 aliphatic rings. The number of ketones is 1. The van der Waals surface area contributed by atoms with E-state index in [0.717, 1.165) is 5.56 Å². The van der Waals surface area contributed by atoms with Crippen molar-refractivity contribution in [3.8, 4) is 0 Å². The minimum atomic E-state index is -1.78. The first-order chi connectivity index (χ1) is 14.7. The Labute approximate surface area is 175 Å². The summed E-state index contributed by atoms with van der Waals surface area (Å²) in [5.41, 5.74) is 0.948. The lowest BCUT2D eigenvalue weighted by Gasteiger charge is -2.12. The van der Waals surface area contributed by atoms with E-state index in [4.69, 9.17) is 5.11 Å². The van der Waals surface area contributed by atoms with Crippen LogP contribution in [0.4, 0.5) is 8.78 Å². The molecule has 3 aromatic rings. The van der Waals surface area contributed by atoms with Gasteiger partial charge < -0.3 is 14.8 Å². The summed E-state index contributed by atoms with van der Waals surface area (Å²) < 4.78 is 27.6. The van der Waals surface area contributed by atoms with Crippen molar-refractivity contribution in [2.45, 2.75) is 13.0 Å². The number of aliphatic hydroxyl groups excluding tert-OH is 1. The maximum atomic E-state index is 13.2. The maximum Gasteiger partial charge on any atom is 0.376 e. The SMILES string of the molecule is O=C(O)C(=O)/C=C(\O)c1cc(Cc2ccc(F)cc2)cn(Cc2ccc(F)cc2)c1=O. The molecule has 0 amide bonds. The van der Waals surface area contributed by atoms with Gasteiger partial charge in [-0.2, -0.15) is 0 Å². The first-order valence-corrected chi connectivity index (χ1v) is 9.13. The zero-order valence-corrected chi connectivity index (χ0v) is 16.1. The van der Waals surface area contributed by atoms with E-state index in [9.17, 15) is 28.3 Å². The number of hydrogen-bond acceptors (Lipinski definition) is 4. The molecule has 0 saturated heterocycles. The summed E-state index contributed by atoms with van der Waals surface area (Å²) in [6.07, 6.45) is 2.27. The number of aliphatic carboxylic acids is 1. The number of carboxylic acid groups (broad SMARTS) is 1. The lowest BCUT2D eigenvalue weighted by Crippen LogP contribution is -2.25. The summed E-state index contributed by atoms with van der Waals surface area (Å²) in [6, 6.07) is 12.5. The Morgan fingerprint density at radius 1 is 0.871 bits per heavy atom. The molecule has 6 nitrogen and oxygen atoms in total. The third kappa shape index (κ3) is 5.51. The molecule has 0 radical (unpaired) electrons.